The van der Waals surface area contributed by atoms with Crippen LogP contribution in [0.5, 0.6) is 0 Å². The summed E-state index contributed by atoms with van der Waals surface area (Å²) in [6.07, 6.45) is 0. The highest BCUT2D eigenvalue weighted by atomic mass is 32.1. The molecule has 147 heavy (non-hydrogen) atoms. The van der Waals surface area contributed by atoms with Crippen molar-refractivity contribution >= 4 is 222 Å². The summed E-state index contributed by atoms with van der Waals surface area (Å²) in [4.78, 5) is 60.4. The lowest BCUT2D eigenvalue weighted by molar-refractivity contribution is 0.619. The number of oxazole rings is 3. The van der Waals surface area contributed by atoms with Crippen LogP contribution in [0.1, 0.15) is 0 Å². The normalized spacial score (nSPS) is 11.8. The molecule has 31 aromatic rings. The fourth-order valence-corrected chi connectivity index (χ4v) is 26.8. The van der Waals surface area contributed by atoms with E-state index in [9.17, 15) is 0 Å². The summed E-state index contributed by atoms with van der Waals surface area (Å²) < 4.78 is 33.1. The van der Waals surface area contributed by atoms with Gasteiger partial charge >= 0.3 is 0 Å². The minimum absolute atomic E-state index is 0.603. The Morgan fingerprint density at radius 1 is 0.143 bits per heavy atom. The average Bonchev–Trinajstić information content (AvgIpc) is 1.59. The largest absolute Gasteiger partial charge is 0.436 e. The Morgan fingerprint density at radius 2 is 0.395 bits per heavy atom. The predicted molar refractivity (Wildman–Crippen MR) is 610 cm³/mol. The van der Waals surface area contributed by atoms with E-state index in [0.717, 1.165) is 143 Å². The first-order valence-corrected chi connectivity index (χ1v) is 52.9. The molecule has 31 rings (SSSR count). The van der Waals surface area contributed by atoms with Crippen molar-refractivity contribution in [2.45, 2.75) is 0 Å². The van der Waals surface area contributed by atoms with Crippen molar-refractivity contribution < 1.29 is 13.3 Å². The summed E-state index contributed by atoms with van der Waals surface area (Å²) in [5.41, 5.74) is 18.6. The first kappa shape index (κ1) is 85.7. The molecular weight excluding hydrogens is 1920 g/mol. The molecule has 0 radical (unpaired) electrons. The molecule has 0 saturated carbocycles. The second-order valence-corrected chi connectivity index (χ2v) is 42.4. The molecule has 21 heteroatoms. The van der Waals surface area contributed by atoms with Gasteiger partial charge in [0.2, 0.25) is 17.7 Å². The molecular formula is C126H70N12O3S6. The van der Waals surface area contributed by atoms with Crippen LogP contribution < -0.4 is 0 Å². The highest BCUT2D eigenvalue weighted by Crippen LogP contribution is 2.50. The Morgan fingerprint density at radius 3 is 0.803 bits per heavy atom. The molecule has 0 bridgehead atoms. The molecule has 0 aliphatic heterocycles. The molecule has 19 aromatic carbocycles. The number of rotatable bonds is 13. The summed E-state index contributed by atoms with van der Waals surface area (Å²) >= 11 is 10.7. The first-order chi connectivity index (χ1) is 72.7. The van der Waals surface area contributed by atoms with Crippen LogP contribution in [0.3, 0.4) is 0 Å². The van der Waals surface area contributed by atoms with E-state index in [0.29, 0.717) is 70.1 Å². The molecule has 12 aromatic heterocycles. The predicted octanol–water partition coefficient (Wildman–Crippen LogP) is 35.9. The zero-order chi connectivity index (χ0) is 96.7. The van der Waals surface area contributed by atoms with Crippen LogP contribution in [0.25, 0.3) is 302 Å². The van der Waals surface area contributed by atoms with Crippen LogP contribution in [0.15, 0.2) is 438 Å². The Balaban J connectivity index is 0.000000104. The van der Waals surface area contributed by atoms with Crippen LogP contribution in [0.2, 0.25) is 0 Å². The van der Waals surface area contributed by atoms with Gasteiger partial charge in [0.15, 0.2) is 69.2 Å². The minimum Gasteiger partial charge on any atom is -0.436 e. The second kappa shape index (κ2) is 35.5. The molecule has 0 amide bonds. The highest BCUT2D eigenvalue weighted by molar-refractivity contribution is 7.28. The number of hydrogen-bond acceptors (Lipinski definition) is 21. The SMILES string of the molecule is c1ccc(-c2nc(-c3ccc(-c4cccc5c4sc4ccccc45)cc3)nc(-c3cccc4sc5ccc(-c6nc7ccccc7o6)cc5c34)n2)cc1.c1ccc(-c2nc(-c3ccc4sc5ccccc5c4c3)nc(-c3cccc4sc5ccc(-c6nc7ccccc7o6)cc5c34)n2)cc1.c1ccc(-c2nc(-c3cccc4sc5ccccc5c34)nc(-c3cccc4sc5ccc(-c6nc7ccccc7o6)cc5c34)n2)cc1. The molecule has 0 spiro atoms. The summed E-state index contributed by atoms with van der Waals surface area (Å²) in [6.45, 7) is 0. The molecule has 0 aliphatic carbocycles. The lowest BCUT2D eigenvalue weighted by Crippen LogP contribution is -2.00. The molecule has 0 N–H and O–H groups in total. The summed E-state index contributed by atoms with van der Waals surface area (Å²) in [6, 6.07) is 146. The van der Waals surface area contributed by atoms with E-state index < -0.39 is 0 Å². The highest BCUT2D eigenvalue weighted by Gasteiger charge is 2.27. The zero-order valence-electron chi connectivity index (χ0n) is 77.5. The van der Waals surface area contributed by atoms with Gasteiger partial charge in [-0.3, -0.25) is 0 Å². The summed E-state index contributed by atoms with van der Waals surface area (Å²) in [7, 11) is 0. The quantitative estimate of drug-likeness (QED) is 0.106. The van der Waals surface area contributed by atoms with Crippen molar-refractivity contribution in [1.29, 1.82) is 0 Å². The molecule has 15 nitrogen and oxygen atoms in total. The third-order valence-corrected chi connectivity index (χ3v) is 33.9. The van der Waals surface area contributed by atoms with Crippen molar-refractivity contribution in [2.24, 2.45) is 0 Å². The molecule has 0 fully saturated rings. The van der Waals surface area contributed by atoms with E-state index in [-0.39, 0.29) is 0 Å². The number of thiophene rings is 6. The molecule has 0 aliphatic rings. The monoisotopic (exact) mass is 1990 g/mol. The number of para-hydroxylation sites is 6. The van der Waals surface area contributed by atoms with E-state index in [1.54, 1.807) is 56.7 Å². The standard InChI is InChI=1S/C46H26N4OS2.2C40H22N4OS2/c1-2-10-28(11-3-1)43-48-44(29-22-20-27(21-23-29)31-13-8-14-33-32-12-4-7-18-38(32)53-42(31)33)50-45(49-43)34-15-9-19-40-41(34)35-26-30(24-25-39(35)52-40)46-47-36-16-5-6-17-37(36)51-46;1-2-10-23(11-3-1)37-42-38(26-13-8-18-33-35(26)25-12-4-7-17-31(25)46-33)44-39(43-37)27-14-9-19-34-36(27)28-22-24(20-21-32(28)47-34)40-41-29-15-5-6-16-30(29)45-40;1-2-9-23(10-3-1)37-42-38(24-17-19-33-28(21-24)26-11-4-7-15-32(26)46-33)44-39(43-37)27-12-8-16-35-36(27)29-22-25(18-20-34(29)47-35)40-41-30-13-5-6-14-31(30)45-40/h1-26H;2*1-22H. The molecule has 12 heterocycles. The van der Waals surface area contributed by atoms with Crippen LogP contribution in [0, 0.1) is 0 Å². The Labute approximate surface area is 860 Å². The second-order valence-electron chi connectivity index (χ2n) is 35.9. The maximum absolute atomic E-state index is 6.17. The fourth-order valence-electron chi connectivity index (χ4n) is 20.0. The number of hydrogen-bond donors (Lipinski definition) is 0. The van der Waals surface area contributed by atoms with E-state index in [1.807, 2.05) is 163 Å². The van der Waals surface area contributed by atoms with Crippen LogP contribution in [-0.4, -0.2) is 59.8 Å². The number of fused-ring (bicyclic) bond motifs is 21. The van der Waals surface area contributed by atoms with Gasteiger partial charge in [0.05, 0.1) is 0 Å². The Bertz CT molecular complexity index is 10600. The lowest BCUT2D eigenvalue weighted by Gasteiger charge is -2.10. The van der Waals surface area contributed by atoms with Crippen molar-refractivity contribution in [3.05, 3.63) is 425 Å². The minimum atomic E-state index is 0.603. The van der Waals surface area contributed by atoms with Gasteiger partial charge in [-0.2, -0.15) is 0 Å². The topological polar surface area (TPSA) is 194 Å². The summed E-state index contributed by atoms with van der Waals surface area (Å²) in [5, 5.41) is 14.1. The average molecular weight is 1990 g/mol. The van der Waals surface area contributed by atoms with Crippen molar-refractivity contribution in [3.63, 3.8) is 0 Å². The maximum Gasteiger partial charge on any atom is 0.227 e. The van der Waals surface area contributed by atoms with Crippen LogP contribution in [-0.2, 0) is 0 Å². The Hall–Kier alpha value is -18.1. The lowest BCUT2D eigenvalue weighted by atomic mass is 10.0. The maximum atomic E-state index is 6.17. The summed E-state index contributed by atoms with van der Waals surface area (Å²) in [5.74, 6) is 7.58. The van der Waals surface area contributed by atoms with Gasteiger partial charge in [0.1, 0.15) is 16.6 Å². The van der Waals surface area contributed by atoms with Gasteiger partial charge < -0.3 is 13.3 Å². The van der Waals surface area contributed by atoms with E-state index in [4.69, 9.17) is 73.1 Å². The van der Waals surface area contributed by atoms with Crippen LogP contribution in [0.4, 0.5) is 0 Å². The van der Waals surface area contributed by atoms with Crippen LogP contribution >= 0.6 is 68.0 Å². The number of aromatic nitrogens is 12. The van der Waals surface area contributed by atoms with Crippen molar-refractivity contribution in [2.75, 3.05) is 0 Å². The molecule has 0 unspecified atom stereocenters. The van der Waals surface area contributed by atoms with Gasteiger partial charge in [-0.05, 0) is 163 Å². The third kappa shape index (κ3) is 15.3. The van der Waals surface area contributed by atoms with E-state index >= 15 is 0 Å². The molecule has 0 saturated heterocycles. The number of benzene rings is 19. The van der Waals surface area contributed by atoms with Gasteiger partial charge in [-0.1, -0.05) is 273 Å². The van der Waals surface area contributed by atoms with Gasteiger partial charge in [-0.25, -0.2) is 59.8 Å². The fraction of sp³-hybridized carbons (Fsp3) is 0. The Kier molecular flexibility index (Phi) is 20.7. The smallest absolute Gasteiger partial charge is 0.227 e. The first-order valence-electron chi connectivity index (χ1n) is 48.0. The van der Waals surface area contributed by atoms with Gasteiger partial charge in [-0.15, -0.1) is 68.0 Å². The van der Waals surface area contributed by atoms with Crippen molar-refractivity contribution in [3.8, 4) is 148 Å². The number of nitrogens with zero attached hydrogens (tertiary/aromatic N) is 12. The van der Waals surface area contributed by atoms with Crippen molar-refractivity contribution in [1.82, 2.24) is 59.8 Å². The molecule has 0 atom stereocenters. The third-order valence-electron chi connectivity index (χ3n) is 27.0. The zero-order valence-corrected chi connectivity index (χ0v) is 82.4. The van der Waals surface area contributed by atoms with E-state index in [2.05, 4.69) is 273 Å². The molecule has 688 valence electrons. The van der Waals surface area contributed by atoms with E-state index in [1.165, 1.54) is 89.6 Å². The van der Waals surface area contributed by atoms with Gasteiger partial charge in [0.25, 0.3) is 0 Å². The van der Waals surface area contributed by atoms with Gasteiger partial charge in [0, 0.05) is 188 Å².